The fourth-order valence-corrected chi connectivity index (χ4v) is 3.91. The van der Waals surface area contributed by atoms with Gasteiger partial charge in [-0.25, -0.2) is 9.78 Å². The van der Waals surface area contributed by atoms with Crippen molar-refractivity contribution in [3.63, 3.8) is 0 Å². The molecule has 1 aromatic carbocycles. The van der Waals surface area contributed by atoms with Crippen molar-refractivity contribution >= 4 is 28.7 Å². The Morgan fingerprint density at radius 3 is 3.08 bits per heavy atom. The smallest absolute Gasteiger partial charge is 0.315 e. The number of rotatable bonds is 4. The van der Waals surface area contributed by atoms with Crippen LogP contribution in [0.2, 0.25) is 5.02 Å². The third kappa shape index (κ3) is 2.96. The van der Waals surface area contributed by atoms with Crippen LogP contribution in [0.4, 0.5) is 4.79 Å². The molecular formula is C17H21ClN4O2. The summed E-state index contributed by atoms with van der Waals surface area (Å²) < 4.78 is 7.79. The van der Waals surface area contributed by atoms with Crippen molar-refractivity contribution in [2.24, 2.45) is 7.05 Å². The van der Waals surface area contributed by atoms with E-state index in [9.17, 15) is 4.79 Å². The minimum atomic E-state index is -0.127. The number of carbonyl (C=O) groups excluding carboxylic acids is 1. The van der Waals surface area contributed by atoms with Gasteiger partial charge in [-0.05, 0) is 37.5 Å². The Bertz CT molecular complexity index is 775. The minimum Gasteiger partial charge on any atom is -0.373 e. The van der Waals surface area contributed by atoms with Gasteiger partial charge in [0.1, 0.15) is 5.82 Å². The van der Waals surface area contributed by atoms with E-state index in [2.05, 4.69) is 15.6 Å². The molecule has 6 nitrogen and oxygen atoms in total. The predicted molar refractivity (Wildman–Crippen MR) is 92.3 cm³/mol. The highest BCUT2D eigenvalue weighted by Crippen LogP contribution is 2.34. The van der Waals surface area contributed by atoms with E-state index in [-0.39, 0.29) is 18.2 Å². The molecule has 2 N–H and O–H groups in total. The van der Waals surface area contributed by atoms with Gasteiger partial charge < -0.3 is 19.9 Å². The number of amides is 2. The molecular weight excluding hydrogens is 328 g/mol. The van der Waals surface area contributed by atoms with E-state index in [4.69, 9.17) is 16.3 Å². The van der Waals surface area contributed by atoms with Gasteiger partial charge in [-0.2, -0.15) is 0 Å². The lowest BCUT2D eigenvalue weighted by Crippen LogP contribution is -2.46. The van der Waals surface area contributed by atoms with Gasteiger partial charge in [0.2, 0.25) is 0 Å². The molecule has 24 heavy (non-hydrogen) atoms. The summed E-state index contributed by atoms with van der Waals surface area (Å²) in [6.07, 6.45) is 4.32. The molecule has 2 saturated heterocycles. The molecule has 2 amide bonds. The Balaban J connectivity index is 1.31. The number of halogens is 1. The molecule has 0 saturated carbocycles. The maximum atomic E-state index is 12.0. The van der Waals surface area contributed by atoms with Crippen LogP contribution >= 0.6 is 11.6 Å². The molecule has 2 aliphatic heterocycles. The van der Waals surface area contributed by atoms with Gasteiger partial charge in [-0.3, -0.25) is 0 Å². The molecule has 2 aliphatic rings. The first-order valence-corrected chi connectivity index (χ1v) is 8.78. The number of aromatic nitrogens is 2. The van der Waals surface area contributed by atoms with E-state index < -0.39 is 0 Å². The second-order valence-electron chi connectivity index (χ2n) is 6.59. The van der Waals surface area contributed by atoms with E-state index in [1.165, 1.54) is 0 Å². The van der Waals surface area contributed by atoms with Crippen LogP contribution in [0, 0.1) is 0 Å². The highest BCUT2D eigenvalue weighted by atomic mass is 35.5. The number of nitrogens with one attached hydrogen (secondary N) is 2. The SMILES string of the molecule is Cn1c(CCNC(=O)N[C@H]2C[C@H]3CC[C@H]2O3)nc2cc(Cl)ccc21. The number of benzene rings is 1. The lowest BCUT2D eigenvalue weighted by Gasteiger charge is -2.20. The van der Waals surface area contributed by atoms with Crippen molar-refractivity contribution in [3.8, 4) is 0 Å². The zero-order valence-electron chi connectivity index (χ0n) is 13.6. The van der Waals surface area contributed by atoms with Gasteiger partial charge in [0, 0.05) is 25.0 Å². The number of carbonyl (C=O) groups is 1. The number of fused-ring (bicyclic) bond motifs is 3. The number of imidazole rings is 1. The van der Waals surface area contributed by atoms with Crippen LogP contribution in [0.15, 0.2) is 18.2 Å². The molecule has 3 atom stereocenters. The molecule has 7 heteroatoms. The summed E-state index contributed by atoms with van der Waals surface area (Å²) in [5.74, 6) is 0.927. The molecule has 128 valence electrons. The van der Waals surface area contributed by atoms with E-state index in [1.807, 2.05) is 29.8 Å². The molecule has 2 bridgehead atoms. The molecule has 0 radical (unpaired) electrons. The van der Waals surface area contributed by atoms with Crippen LogP contribution in [-0.2, 0) is 18.2 Å². The Labute approximate surface area is 145 Å². The highest BCUT2D eigenvalue weighted by Gasteiger charge is 2.41. The normalized spacial score (nSPS) is 25.3. The summed E-state index contributed by atoms with van der Waals surface area (Å²) in [6.45, 7) is 0.540. The second kappa shape index (κ2) is 6.26. The second-order valence-corrected chi connectivity index (χ2v) is 7.02. The van der Waals surface area contributed by atoms with Gasteiger partial charge in [0.05, 0.1) is 29.3 Å². The van der Waals surface area contributed by atoms with Crippen LogP contribution < -0.4 is 10.6 Å². The third-order valence-corrected chi connectivity index (χ3v) is 5.23. The van der Waals surface area contributed by atoms with Crippen molar-refractivity contribution < 1.29 is 9.53 Å². The van der Waals surface area contributed by atoms with E-state index in [0.29, 0.717) is 24.1 Å². The zero-order valence-corrected chi connectivity index (χ0v) is 14.3. The minimum absolute atomic E-state index is 0.127. The summed E-state index contributed by atoms with van der Waals surface area (Å²) in [5, 5.41) is 6.62. The average Bonchev–Trinajstić information content (AvgIpc) is 3.23. The van der Waals surface area contributed by atoms with E-state index in [0.717, 1.165) is 36.1 Å². The van der Waals surface area contributed by atoms with Gasteiger partial charge >= 0.3 is 6.03 Å². The molecule has 0 unspecified atom stereocenters. The van der Waals surface area contributed by atoms with Crippen LogP contribution in [0.3, 0.4) is 0 Å². The maximum absolute atomic E-state index is 12.0. The molecule has 2 fully saturated rings. The molecule has 4 rings (SSSR count). The monoisotopic (exact) mass is 348 g/mol. The molecule has 1 aromatic heterocycles. The summed E-state index contributed by atoms with van der Waals surface area (Å²) in [6, 6.07) is 5.71. The fraction of sp³-hybridized carbons (Fsp3) is 0.529. The molecule has 2 aromatic rings. The number of hydrogen-bond donors (Lipinski definition) is 2. The first-order valence-electron chi connectivity index (χ1n) is 8.41. The van der Waals surface area contributed by atoms with Crippen LogP contribution in [0.5, 0.6) is 0 Å². The van der Waals surface area contributed by atoms with Crippen LogP contribution in [0.25, 0.3) is 11.0 Å². The number of hydrogen-bond acceptors (Lipinski definition) is 3. The zero-order chi connectivity index (χ0) is 16.7. The highest BCUT2D eigenvalue weighted by molar-refractivity contribution is 6.31. The first-order chi connectivity index (χ1) is 11.6. The number of urea groups is 1. The molecule has 0 spiro atoms. The van der Waals surface area contributed by atoms with Crippen LogP contribution in [0.1, 0.15) is 25.1 Å². The summed E-state index contributed by atoms with van der Waals surface area (Å²) >= 11 is 6.01. The van der Waals surface area contributed by atoms with E-state index >= 15 is 0 Å². The maximum Gasteiger partial charge on any atom is 0.315 e. The largest absolute Gasteiger partial charge is 0.373 e. The Morgan fingerprint density at radius 1 is 1.46 bits per heavy atom. The van der Waals surface area contributed by atoms with Gasteiger partial charge in [-0.1, -0.05) is 11.6 Å². The lowest BCUT2D eigenvalue weighted by molar-refractivity contribution is 0.0981. The number of nitrogens with zero attached hydrogens (tertiary/aromatic N) is 2. The molecule has 3 heterocycles. The summed E-state index contributed by atoms with van der Waals surface area (Å²) in [7, 11) is 1.98. The lowest BCUT2D eigenvalue weighted by atomic mass is 9.96. The van der Waals surface area contributed by atoms with Crippen LogP contribution in [-0.4, -0.2) is 40.4 Å². The van der Waals surface area contributed by atoms with Gasteiger partial charge in [-0.15, -0.1) is 0 Å². The van der Waals surface area contributed by atoms with Crippen molar-refractivity contribution in [2.75, 3.05) is 6.54 Å². The van der Waals surface area contributed by atoms with Gasteiger partial charge in [0.25, 0.3) is 0 Å². The standard InChI is InChI=1S/C17H21ClN4O2/c1-22-14-4-2-10(18)8-12(14)20-16(22)6-7-19-17(23)21-13-9-11-3-5-15(13)24-11/h2,4,8,11,13,15H,3,5-7,9H2,1H3,(H2,19,21,23)/t11-,13+,15-/m1/s1. The summed E-state index contributed by atoms with van der Waals surface area (Å²) in [5.41, 5.74) is 1.92. The number of ether oxygens (including phenoxy) is 1. The van der Waals surface area contributed by atoms with Crippen molar-refractivity contribution in [3.05, 3.63) is 29.0 Å². The van der Waals surface area contributed by atoms with Gasteiger partial charge in [0.15, 0.2) is 0 Å². The average molecular weight is 349 g/mol. The predicted octanol–water partition coefficient (Wildman–Crippen LogP) is 2.39. The Hall–Kier alpha value is -1.79. The number of aryl methyl sites for hydroxylation is 1. The first kappa shape index (κ1) is 15.7. The quantitative estimate of drug-likeness (QED) is 0.891. The van der Waals surface area contributed by atoms with Crippen molar-refractivity contribution in [2.45, 2.75) is 43.9 Å². The fourth-order valence-electron chi connectivity index (χ4n) is 3.74. The Morgan fingerprint density at radius 2 is 2.33 bits per heavy atom. The Kier molecular flexibility index (Phi) is 4.10. The third-order valence-electron chi connectivity index (χ3n) is 4.99. The summed E-state index contributed by atoms with van der Waals surface area (Å²) in [4.78, 5) is 16.6. The van der Waals surface area contributed by atoms with Crippen molar-refractivity contribution in [1.82, 2.24) is 20.2 Å². The van der Waals surface area contributed by atoms with E-state index in [1.54, 1.807) is 0 Å². The molecule has 0 aliphatic carbocycles. The van der Waals surface area contributed by atoms with Crippen molar-refractivity contribution in [1.29, 1.82) is 0 Å². The topological polar surface area (TPSA) is 68.2 Å².